The lowest BCUT2D eigenvalue weighted by Gasteiger charge is -2.61. The predicted octanol–water partition coefficient (Wildman–Crippen LogP) is 4.56. The van der Waals surface area contributed by atoms with E-state index in [2.05, 4.69) is 51.5 Å². The van der Waals surface area contributed by atoms with Crippen LogP contribution in [0.15, 0.2) is 42.6 Å². The second-order valence-corrected chi connectivity index (χ2v) is 9.99. The second-order valence-electron chi connectivity index (χ2n) is 9.99. The van der Waals surface area contributed by atoms with Crippen LogP contribution in [0.1, 0.15) is 35.7 Å². The summed E-state index contributed by atoms with van der Waals surface area (Å²) in [6.07, 6.45) is -1.16. The number of nitrogens with one attached hydrogen (secondary N) is 1. The summed E-state index contributed by atoms with van der Waals surface area (Å²) < 4.78 is 40.0. The molecule has 1 saturated heterocycles. The average Bonchev–Trinajstić information content (AvgIpc) is 2.71. The highest BCUT2D eigenvalue weighted by molar-refractivity contribution is 5.93. The van der Waals surface area contributed by atoms with Gasteiger partial charge in [-0.05, 0) is 63.2 Å². The number of hydrogen-bond donors (Lipinski definition) is 2. The molecule has 1 aromatic heterocycles. The van der Waals surface area contributed by atoms with Crippen molar-refractivity contribution in [3.8, 4) is 0 Å². The van der Waals surface area contributed by atoms with E-state index in [0.29, 0.717) is 22.8 Å². The smallest absolute Gasteiger partial charge is 0.370 e. The van der Waals surface area contributed by atoms with Crippen LogP contribution in [0.25, 0.3) is 10.8 Å². The number of fused-ring (bicyclic) bond motifs is 1. The van der Waals surface area contributed by atoms with Gasteiger partial charge in [-0.2, -0.15) is 18.3 Å². The molecule has 2 fully saturated rings. The minimum absolute atomic E-state index is 0.103. The maximum absolute atomic E-state index is 13.3. The maximum Gasteiger partial charge on any atom is 0.416 e. The first-order valence-corrected chi connectivity index (χ1v) is 11.4. The lowest BCUT2D eigenvalue weighted by atomic mass is 9.60. The number of nitrogens with zero attached hydrogens (tertiary/aromatic N) is 4. The van der Waals surface area contributed by atoms with Crippen LogP contribution in [0.2, 0.25) is 0 Å². The molecule has 0 unspecified atom stereocenters. The Kier molecular flexibility index (Phi) is 5.44. The lowest BCUT2D eigenvalue weighted by Crippen LogP contribution is -2.66. The fraction of sp³-hybridized carbons (Fsp3) is 0.440. The molecule has 1 atom stereocenters. The fourth-order valence-electron chi connectivity index (χ4n) is 5.40. The van der Waals surface area contributed by atoms with Gasteiger partial charge in [0.05, 0.1) is 11.8 Å². The van der Waals surface area contributed by atoms with Crippen molar-refractivity contribution in [2.45, 2.75) is 38.1 Å². The van der Waals surface area contributed by atoms with Crippen LogP contribution in [0.3, 0.4) is 0 Å². The highest BCUT2D eigenvalue weighted by Gasteiger charge is 2.52. The standard InChI is InChI=1S/C25H29F3N6/c1-15-19(5-4-6-21(15)25(26,27)28)22(29)31-23-20-9-17(8-7-16(20)12-30-32-23)34-13-24(14-34)10-18(11-24)33(2)3/h4-9,12,18,22H,10-11,13-14,29H2,1-3H3,(H,31,32)/t22-/m0/s1. The van der Waals surface area contributed by atoms with E-state index >= 15 is 0 Å². The number of halogens is 3. The normalized spacial score (nSPS) is 18.8. The molecule has 34 heavy (non-hydrogen) atoms. The third kappa shape index (κ3) is 3.96. The zero-order valence-electron chi connectivity index (χ0n) is 19.5. The molecule has 2 aromatic carbocycles. The van der Waals surface area contributed by atoms with Crippen LogP contribution in [-0.2, 0) is 6.18 Å². The number of hydrogen-bond acceptors (Lipinski definition) is 6. The molecule has 3 N–H and O–H groups in total. The van der Waals surface area contributed by atoms with Crippen molar-refractivity contribution in [2.24, 2.45) is 11.1 Å². The number of aromatic nitrogens is 2. The molecule has 0 radical (unpaired) electrons. The van der Waals surface area contributed by atoms with Crippen LogP contribution in [0, 0.1) is 12.3 Å². The summed E-state index contributed by atoms with van der Waals surface area (Å²) in [5.74, 6) is 0.454. The summed E-state index contributed by atoms with van der Waals surface area (Å²) in [6, 6.07) is 10.9. The molecule has 2 aliphatic rings. The summed E-state index contributed by atoms with van der Waals surface area (Å²) in [6.45, 7) is 3.51. The SMILES string of the molecule is Cc1c([C@@H](N)Nc2nncc3ccc(N4CC5(CC(N(C)C)C5)C4)cc23)cccc1C(F)(F)F. The van der Waals surface area contributed by atoms with E-state index in [0.717, 1.165) is 35.6 Å². The molecule has 1 aliphatic carbocycles. The van der Waals surface area contributed by atoms with Crippen molar-refractivity contribution in [3.63, 3.8) is 0 Å². The van der Waals surface area contributed by atoms with E-state index in [-0.39, 0.29) is 5.56 Å². The summed E-state index contributed by atoms with van der Waals surface area (Å²) >= 11 is 0. The fourth-order valence-corrected chi connectivity index (χ4v) is 5.40. The summed E-state index contributed by atoms with van der Waals surface area (Å²) in [7, 11) is 4.27. The lowest BCUT2D eigenvalue weighted by molar-refractivity contribution is -0.138. The monoisotopic (exact) mass is 470 g/mol. The van der Waals surface area contributed by atoms with E-state index in [1.165, 1.54) is 25.8 Å². The van der Waals surface area contributed by atoms with E-state index in [1.54, 1.807) is 12.3 Å². The molecule has 0 bridgehead atoms. The van der Waals surface area contributed by atoms with Crippen LogP contribution >= 0.6 is 0 Å². The Morgan fingerprint density at radius 1 is 1.18 bits per heavy atom. The first-order valence-electron chi connectivity index (χ1n) is 11.4. The second kappa shape index (κ2) is 8.09. The Labute approximate surface area is 196 Å². The van der Waals surface area contributed by atoms with Gasteiger partial charge >= 0.3 is 6.18 Å². The molecule has 180 valence electrons. The third-order valence-electron chi connectivity index (χ3n) is 7.44. The van der Waals surface area contributed by atoms with Gasteiger partial charge in [-0.15, -0.1) is 5.10 Å². The van der Waals surface area contributed by atoms with Crippen molar-refractivity contribution in [3.05, 3.63) is 59.3 Å². The van der Waals surface area contributed by atoms with Crippen LogP contribution < -0.4 is 16.0 Å². The summed E-state index contributed by atoms with van der Waals surface area (Å²) in [5.41, 5.74) is 7.61. The zero-order valence-corrected chi connectivity index (χ0v) is 19.5. The molecule has 1 aliphatic heterocycles. The van der Waals surface area contributed by atoms with E-state index < -0.39 is 17.9 Å². The Morgan fingerprint density at radius 2 is 1.91 bits per heavy atom. The van der Waals surface area contributed by atoms with Crippen molar-refractivity contribution in [1.82, 2.24) is 15.1 Å². The highest BCUT2D eigenvalue weighted by atomic mass is 19.4. The number of nitrogens with two attached hydrogens (primary N) is 1. The topological polar surface area (TPSA) is 70.3 Å². The molecule has 2 heterocycles. The molecular formula is C25H29F3N6. The third-order valence-corrected chi connectivity index (χ3v) is 7.44. The molecular weight excluding hydrogens is 441 g/mol. The Hall–Kier alpha value is -2.91. The average molecular weight is 471 g/mol. The van der Waals surface area contributed by atoms with Gasteiger partial charge < -0.3 is 20.9 Å². The van der Waals surface area contributed by atoms with Gasteiger partial charge in [-0.1, -0.05) is 18.2 Å². The minimum Gasteiger partial charge on any atom is -0.370 e. The van der Waals surface area contributed by atoms with Crippen molar-refractivity contribution in [1.29, 1.82) is 0 Å². The number of anilines is 2. The van der Waals surface area contributed by atoms with E-state index in [9.17, 15) is 13.2 Å². The molecule has 6 nitrogen and oxygen atoms in total. The first-order chi connectivity index (χ1) is 16.1. The number of rotatable bonds is 5. The maximum atomic E-state index is 13.3. The van der Waals surface area contributed by atoms with Crippen molar-refractivity contribution < 1.29 is 13.2 Å². The van der Waals surface area contributed by atoms with Gasteiger partial charge in [0.25, 0.3) is 0 Å². The number of benzene rings is 2. The van der Waals surface area contributed by atoms with Gasteiger partial charge in [-0.25, -0.2) is 0 Å². The van der Waals surface area contributed by atoms with Gasteiger partial charge in [0.1, 0.15) is 6.17 Å². The molecule has 5 rings (SSSR count). The van der Waals surface area contributed by atoms with Crippen LogP contribution in [0.5, 0.6) is 0 Å². The minimum atomic E-state index is -4.43. The predicted molar refractivity (Wildman–Crippen MR) is 128 cm³/mol. The van der Waals surface area contributed by atoms with E-state index in [1.807, 2.05) is 6.07 Å². The number of alkyl halides is 3. The van der Waals surface area contributed by atoms with Crippen molar-refractivity contribution in [2.75, 3.05) is 37.4 Å². The molecule has 1 saturated carbocycles. The van der Waals surface area contributed by atoms with Crippen LogP contribution in [-0.4, -0.2) is 48.3 Å². The Bertz CT molecular complexity index is 1210. The van der Waals surface area contributed by atoms with Gasteiger partial charge in [0, 0.05) is 41.0 Å². The summed E-state index contributed by atoms with van der Waals surface area (Å²) in [4.78, 5) is 4.67. The molecule has 9 heteroatoms. The van der Waals surface area contributed by atoms with Gasteiger partial charge in [-0.3, -0.25) is 0 Å². The summed E-state index contributed by atoms with van der Waals surface area (Å²) in [5, 5.41) is 13.1. The largest absolute Gasteiger partial charge is 0.416 e. The Morgan fingerprint density at radius 3 is 2.59 bits per heavy atom. The Balaban J connectivity index is 1.37. The van der Waals surface area contributed by atoms with Gasteiger partial charge in [0.15, 0.2) is 5.82 Å². The zero-order chi connectivity index (χ0) is 24.3. The highest BCUT2D eigenvalue weighted by Crippen LogP contribution is 2.51. The quantitative estimate of drug-likeness (QED) is 0.533. The molecule has 1 spiro atoms. The van der Waals surface area contributed by atoms with Gasteiger partial charge in [0.2, 0.25) is 0 Å². The van der Waals surface area contributed by atoms with E-state index in [4.69, 9.17) is 5.73 Å². The molecule has 3 aromatic rings. The van der Waals surface area contributed by atoms with Crippen LogP contribution in [0.4, 0.5) is 24.7 Å². The van der Waals surface area contributed by atoms with Crippen molar-refractivity contribution >= 4 is 22.3 Å². The first kappa shape index (κ1) is 22.9. The molecule has 0 amide bonds.